The van der Waals surface area contributed by atoms with Gasteiger partial charge in [0.25, 0.3) is 0 Å². The number of alkyl carbamates (subject to hydrolysis) is 1. The van der Waals surface area contributed by atoms with Crippen molar-refractivity contribution < 1.29 is 14.3 Å². The molecule has 6 heteroatoms. The van der Waals surface area contributed by atoms with E-state index in [1.165, 1.54) is 6.08 Å². The number of rotatable bonds is 13. The first-order chi connectivity index (χ1) is 10.2. The van der Waals surface area contributed by atoms with Gasteiger partial charge in [0.15, 0.2) is 5.78 Å². The van der Waals surface area contributed by atoms with Crippen molar-refractivity contribution in [2.24, 2.45) is 0 Å². The number of unbranched alkanes of at least 4 members (excludes halogenated alkanes) is 2. The van der Waals surface area contributed by atoms with E-state index >= 15 is 0 Å². The van der Waals surface area contributed by atoms with Crippen LogP contribution in [0.3, 0.4) is 0 Å². The van der Waals surface area contributed by atoms with Crippen molar-refractivity contribution in [1.29, 1.82) is 0 Å². The van der Waals surface area contributed by atoms with Crippen LogP contribution in [0, 0.1) is 0 Å². The molecule has 0 spiro atoms. The van der Waals surface area contributed by atoms with Crippen LogP contribution < -0.4 is 16.0 Å². The molecule has 6 nitrogen and oxygen atoms in total. The van der Waals surface area contributed by atoms with Gasteiger partial charge in [-0.25, -0.2) is 4.79 Å². The molecular weight excluding hydrogens is 270 g/mol. The van der Waals surface area contributed by atoms with Crippen molar-refractivity contribution in [1.82, 2.24) is 16.0 Å². The highest BCUT2D eigenvalue weighted by molar-refractivity contribution is 5.85. The summed E-state index contributed by atoms with van der Waals surface area (Å²) in [5.41, 5.74) is 0. The van der Waals surface area contributed by atoms with Crippen molar-refractivity contribution in [2.45, 2.75) is 38.6 Å². The number of carbonyl (C=O) groups excluding carboxylic acids is 2. The molecule has 1 atom stereocenters. The van der Waals surface area contributed by atoms with E-state index in [-0.39, 0.29) is 18.4 Å². The molecular formula is C15H29N3O3. The summed E-state index contributed by atoms with van der Waals surface area (Å²) in [4.78, 5) is 22.8. The zero-order valence-electron chi connectivity index (χ0n) is 13.2. The fraction of sp³-hybridized carbons (Fsp3) is 0.733. The van der Waals surface area contributed by atoms with Gasteiger partial charge in [-0.1, -0.05) is 26.0 Å². The summed E-state index contributed by atoms with van der Waals surface area (Å²) >= 11 is 0. The van der Waals surface area contributed by atoms with Gasteiger partial charge in [0.2, 0.25) is 0 Å². The van der Waals surface area contributed by atoms with E-state index in [1.807, 2.05) is 6.92 Å². The topological polar surface area (TPSA) is 79.5 Å². The predicted molar refractivity (Wildman–Crippen MR) is 84.4 cm³/mol. The Kier molecular flexibility index (Phi) is 12.7. The standard InChI is InChI=1S/C15H29N3O3/c1-4-11-21-15(20)18-10-8-6-7-9-17-13(5-2)14(19)12-16-3/h4,13,16-17H,1,5-12H2,2-3H3,(H,18,20)/t13-/m0/s1. The molecule has 0 aromatic rings. The van der Waals surface area contributed by atoms with Crippen LogP contribution in [-0.4, -0.2) is 51.2 Å². The highest BCUT2D eigenvalue weighted by atomic mass is 16.5. The fourth-order valence-corrected chi connectivity index (χ4v) is 1.86. The lowest BCUT2D eigenvalue weighted by atomic mass is 10.1. The Bertz CT molecular complexity index is 309. The lowest BCUT2D eigenvalue weighted by molar-refractivity contribution is -0.120. The molecule has 0 aliphatic rings. The van der Waals surface area contributed by atoms with Crippen LogP contribution in [0.4, 0.5) is 4.79 Å². The Morgan fingerprint density at radius 3 is 2.57 bits per heavy atom. The molecule has 0 unspecified atom stereocenters. The molecule has 0 aromatic heterocycles. The van der Waals surface area contributed by atoms with Crippen LogP contribution >= 0.6 is 0 Å². The molecule has 0 rings (SSSR count). The number of hydrogen-bond acceptors (Lipinski definition) is 5. The number of likely N-dealkylation sites (N-methyl/N-ethyl adjacent to an activating group) is 1. The first-order valence-corrected chi connectivity index (χ1v) is 7.57. The van der Waals surface area contributed by atoms with E-state index in [4.69, 9.17) is 4.74 Å². The Labute approximate surface area is 127 Å². The van der Waals surface area contributed by atoms with Crippen LogP contribution in [0.15, 0.2) is 12.7 Å². The zero-order valence-corrected chi connectivity index (χ0v) is 13.2. The molecule has 21 heavy (non-hydrogen) atoms. The van der Waals surface area contributed by atoms with Crippen LogP contribution in [0.1, 0.15) is 32.6 Å². The van der Waals surface area contributed by atoms with E-state index in [9.17, 15) is 9.59 Å². The van der Waals surface area contributed by atoms with E-state index in [0.717, 1.165) is 32.2 Å². The first-order valence-electron chi connectivity index (χ1n) is 7.57. The van der Waals surface area contributed by atoms with Gasteiger partial charge in [0.05, 0.1) is 12.6 Å². The molecule has 0 fully saturated rings. The highest BCUT2D eigenvalue weighted by Crippen LogP contribution is 1.97. The highest BCUT2D eigenvalue weighted by Gasteiger charge is 2.13. The predicted octanol–water partition coefficient (Wildman–Crippen LogP) is 1.23. The second-order valence-electron chi connectivity index (χ2n) is 4.79. The van der Waals surface area contributed by atoms with E-state index < -0.39 is 6.09 Å². The van der Waals surface area contributed by atoms with E-state index in [0.29, 0.717) is 13.1 Å². The molecule has 3 N–H and O–H groups in total. The molecule has 1 amide bonds. The van der Waals surface area contributed by atoms with Crippen LogP contribution in [-0.2, 0) is 9.53 Å². The van der Waals surface area contributed by atoms with E-state index in [1.54, 1.807) is 7.05 Å². The lowest BCUT2D eigenvalue weighted by Gasteiger charge is -2.15. The summed E-state index contributed by atoms with van der Waals surface area (Å²) in [6.45, 7) is 7.53. The van der Waals surface area contributed by atoms with Crippen molar-refractivity contribution >= 4 is 11.9 Å². The maximum absolute atomic E-state index is 11.7. The molecule has 122 valence electrons. The molecule has 0 bridgehead atoms. The third-order valence-electron chi connectivity index (χ3n) is 2.99. The smallest absolute Gasteiger partial charge is 0.407 e. The van der Waals surface area contributed by atoms with Gasteiger partial charge in [0, 0.05) is 6.54 Å². The van der Waals surface area contributed by atoms with Crippen molar-refractivity contribution in [3.05, 3.63) is 12.7 Å². The number of nitrogens with one attached hydrogen (secondary N) is 3. The van der Waals surface area contributed by atoms with Gasteiger partial charge in [-0.3, -0.25) is 4.79 Å². The average Bonchev–Trinajstić information content (AvgIpc) is 2.48. The van der Waals surface area contributed by atoms with Crippen LogP contribution in [0.25, 0.3) is 0 Å². The summed E-state index contributed by atoms with van der Waals surface area (Å²) in [5, 5.41) is 8.82. The number of hydrogen-bond donors (Lipinski definition) is 3. The minimum absolute atomic E-state index is 0.0653. The van der Waals surface area contributed by atoms with Crippen molar-refractivity contribution in [2.75, 3.05) is 33.3 Å². The summed E-state index contributed by atoms with van der Waals surface area (Å²) in [6.07, 6.45) is 4.79. The van der Waals surface area contributed by atoms with Gasteiger partial charge in [-0.15, -0.1) is 0 Å². The van der Waals surface area contributed by atoms with Crippen LogP contribution in [0.2, 0.25) is 0 Å². The van der Waals surface area contributed by atoms with Gasteiger partial charge in [0.1, 0.15) is 6.61 Å². The molecule has 0 radical (unpaired) electrons. The SMILES string of the molecule is C=CCOC(=O)NCCCCCN[C@@H](CC)C(=O)CNC. The average molecular weight is 299 g/mol. The second kappa shape index (κ2) is 13.6. The summed E-state index contributed by atoms with van der Waals surface area (Å²) in [5.74, 6) is 0.201. The normalized spacial score (nSPS) is 11.7. The van der Waals surface area contributed by atoms with Gasteiger partial charge in [-0.2, -0.15) is 0 Å². The number of ketones is 1. The maximum atomic E-state index is 11.7. The molecule has 0 aliphatic heterocycles. The van der Waals surface area contributed by atoms with Gasteiger partial charge >= 0.3 is 6.09 Å². The van der Waals surface area contributed by atoms with Crippen LogP contribution in [0.5, 0.6) is 0 Å². The molecule has 0 aliphatic carbocycles. The Hall–Kier alpha value is -1.40. The zero-order chi connectivity index (χ0) is 15.9. The van der Waals surface area contributed by atoms with Gasteiger partial charge in [-0.05, 0) is 32.9 Å². The quantitative estimate of drug-likeness (QED) is 0.352. The third-order valence-corrected chi connectivity index (χ3v) is 2.99. The molecule has 0 heterocycles. The summed E-state index contributed by atoms with van der Waals surface area (Å²) < 4.78 is 4.79. The summed E-state index contributed by atoms with van der Waals surface area (Å²) in [7, 11) is 1.78. The molecule has 0 aromatic carbocycles. The fourth-order valence-electron chi connectivity index (χ4n) is 1.86. The largest absolute Gasteiger partial charge is 0.445 e. The monoisotopic (exact) mass is 299 g/mol. The third kappa shape index (κ3) is 11.0. The second-order valence-corrected chi connectivity index (χ2v) is 4.79. The number of carbonyl (C=O) groups is 2. The maximum Gasteiger partial charge on any atom is 0.407 e. The van der Waals surface area contributed by atoms with E-state index in [2.05, 4.69) is 22.5 Å². The number of amides is 1. The summed E-state index contributed by atoms with van der Waals surface area (Å²) in [6, 6.07) is -0.0653. The Balaban J connectivity index is 3.52. The Morgan fingerprint density at radius 2 is 1.95 bits per heavy atom. The lowest BCUT2D eigenvalue weighted by Crippen LogP contribution is -2.41. The minimum atomic E-state index is -0.406. The number of Topliss-reactive ketones (excluding diaryl/α,β-unsaturated/α-hetero) is 1. The number of ether oxygens (including phenoxy) is 1. The minimum Gasteiger partial charge on any atom is -0.445 e. The molecule has 0 saturated carbocycles. The molecule has 0 saturated heterocycles. The van der Waals surface area contributed by atoms with Crippen molar-refractivity contribution in [3.8, 4) is 0 Å². The Morgan fingerprint density at radius 1 is 1.24 bits per heavy atom. The van der Waals surface area contributed by atoms with Gasteiger partial charge < -0.3 is 20.7 Å². The van der Waals surface area contributed by atoms with Crippen molar-refractivity contribution in [3.63, 3.8) is 0 Å². The first kappa shape index (κ1) is 19.6.